The van der Waals surface area contributed by atoms with Crippen LogP contribution in [0.5, 0.6) is 0 Å². The molecule has 2 fully saturated rings. The molecule has 5 aliphatic rings. The second-order valence-electron chi connectivity index (χ2n) is 21.1. The normalized spacial score (nSPS) is 29.2. The van der Waals surface area contributed by atoms with Gasteiger partial charge in [-0.1, -0.05) is 141 Å². The number of hydrogen-bond donors (Lipinski definition) is 6. The molecular weight excluding hydrogens is 1110 g/mol. The van der Waals surface area contributed by atoms with Crippen molar-refractivity contribution in [2.45, 2.75) is 126 Å². The number of rotatable bonds is 23. The van der Waals surface area contributed by atoms with Crippen LogP contribution < -0.4 is 16.0 Å². The molecule has 15 atom stereocenters. The Hall–Kier alpha value is -7.10. The van der Waals surface area contributed by atoms with Gasteiger partial charge in [0.15, 0.2) is 28.7 Å². The van der Waals surface area contributed by atoms with Gasteiger partial charge in [0, 0.05) is 12.5 Å². The average Bonchev–Trinajstić information content (AvgIpc) is 3.94. The van der Waals surface area contributed by atoms with Gasteiger partial charge >= 0.3 is 18.3 Å². The van der Waals surface area contributed by atoms with E-state index in [4.69, 9.17) is 42.6 Å². The summed E-state index contributed by atoms with van der Waals surface area (Å²) in [4.78, 5) is 66.6. The Balaban J connectivity index is 0.928. The molecule has 0 unspecified atom stereocenters. The SMILES string of the molecule is CC[C@@H]1C=C[C@@H](NC(=O)OCc2ccccc2)[C@@H](O[C@H]2[C@H](O[C@@H]3O[C@H](CO)[C@@H](O[C@H]4O[C@@H](CNC(=O)OCc5ccccc5)C=C[C@H]4NC(=O)OCc4ccccc4)[C@H]3O)[C@@H](O)[C@H](CS(=O)(=O)CCN3C(=O)c4ccccc4C3=O)C[C@@H]2C)O1. The molecule has 4 aliphatic heterocycles. The fourth-order valence-electron chi connectivity index (χ4n) is 10.6. The summed E-state index contributed by atoms with van der Waals surface area (Å²) < 4.78 is 82.9. The van der Waals surface area contributed by atoms with Crippen LogP contribution in [-0.2, 0) is 72.3 Å². The predicted molar refractivity (Wildman–Crippen MR) is 298 cm³/mol. The molecular formula is C60H70N4O19S. The first-order valence-corrected chi connectivity index (χ1v) is 29.7. The number of aliphatic hydroxyl groups excluding tert-OH is 3. The average molecular weight is 1180 g/mol. The number of benzene rings is 4. The fourth-order valence-corrected chi connectivity index (χ4v) is 12.2. The summed E-state index contributed by atoms with van der Waals surface area (Å²) in [6.45, 7) is 2.19. The molecule has 5 amide bonds. The van der Waals surface area contributed by atoms with Crippen LogP contribution in [-0.4, -0.2) is 170 Å². The molecule has 1 saturated heterocycles. The number of imide groups is 1. The van der Waals surface area contributed by atoms with Crippen LogP contribution in [0.4, 0.5) is 14.4 Å². The minimum atomic E-state index is -4.14. The molecule has 4 aromatic carbocycles. The van der Waals surface area contributed by atoms with E-state index in [9.17, 15) is 47.7 Å². The van der Waals surface area contributed by atoms with Crippen molar-refractivity contribution in [1.82, 2.24) is 20.9 Å². The van der Waals surface area contributed by atoms with Crippen molar-refractivity contribution in [3.05, 3.63) is 167 Å². The lowest BCUT2D eigenvalue weighted by Crippen LogP contribution is -2.59. The number of alkyl carbamates (subject to hydrolysis) is 3. The highest BCUT2D eigenvalue weighted by Crippen LogP contribution is 2.39. The lowest BCUT2D eigenvalue weighted by Gasteiger charge is -2.46. The van der Waals surface area contributed by atoms with Crippen LogP contribution in [0.1, 0.15) is 64.1 Å². The molecule has 4 heterocycles. The maximum absolute atomic E-state index is 14.0. The van der Waals surface area contributed by atoms with Gasteiger partial charge in [-0.3, -0.25) is 14.5 Å². The van der Waals surface area contributed by atoms with E-state index >= 15 is 0 Å². The zero-order valence-electron chi connectivity index (χ0n) is 46.2. The Morgan fingerprint density at radius 1 is 0.607 bits per heavy atom. The van der Waals surface area contributed by atoms with E-state index < -0.39 is 156 Å². The highest BCUT2D eigenvalue weighted by molar-refractivity contribution is 7.91. The van der Waals surface area contributed by atoms with Gasteiger partial charge in [-0.15, -0.1) is 0 Å². The number of nitrogens with zero attached hydrogens (tertiary/aromatic N) is 1. The van der Waals surface area contributed by atoms with Crippen LogP contribution >= 0.6 is 0 Å². The minimum Gasteiger partial charge on any atom is -0.445 e. The van der Waals surface area contributed by atoms with Crippen molar-refractivity contribution in [2.75, 3.05) is 31.2 Å². The quantitative estimate of drug-likeness (QED) is 0.0340. The van der Waals surface area contributed by atoms with Crippen molar-refractivity contribution >= 4 is 39.9 Å². The van der Waals surface area contributed by atoms with Crippen LogP contribution in [0.2, 0.25) is 0 Å². The zero-order valence-corrected chi connectivity index (χ0v) is 47.1. The lowest BCUT2D eigenvalue weighted by molar-refractivity contribution is -0.290. The third kappa shape index (κ3) is 15.8. The number of fused-ring (bicyclic) bond motifs is 1. The van der Waals surface area contributed by atoms with Gasteiger partial charge in [0.2, 0.25) is 0 Å². The van der Waals surface area contributed by atoms with Crippen LogP contribution in [0.15, 0.2) is 140 Å². The van der Waals surface area contributed by atoms with E-state index in [2.05, 4.69) is 16.0 Å². The summed E-state index contributed by atoms with van der Waals surface area (Å²) in [6, 6.07) is 31.2. The zero-order chi connectivity index (χ0) is 59.3. The molecule has 0 spiro atoms. The van der Waals surface area contributed by atoms with E-state index in [0.717, 1.165) is 16.0 Å². The molecule has 1 aliphatic carbocycles. The number of aliphatic hydroxyl groups is 3. The van der Waals surface area contributed by atoms with Gasteiger partial charge in [-0.25, -0.2) is 22.8 Å². The third-order valence-electron chi connectivity index (χ3n) is 15.0. The Labute approximate surface area is 486 Å². The minimum absolute atomic E-state index is 0.00159. The van der Waals surface area contributed by atoms with E-state index in [1.807, 2.05) is 49.4 Å². The van der Waals surface area contributed by atoms with Gasteiger partial charge in [0.1, 0.15) is 56.3 Å². The van der Waals surface area contributed by atoms with Crippen molar-refractivity contribution in [3.63, 3.8) is 0 Å². The highest BCUT2D eigenvalue weighted by atomic mass is 32.2. The van der Waals surface area contributed by atoms with E-state index in [-0.39, 0.29) is 43.9 Å². The summed E-state index contributed by atoms with van der Waals surface area (Å²) in [7, 11) is -4.14. The number of carbonyl (C=O) groups is 5. The maximum Gasteiger partial charge on any atom is 0.408 e. The van der Waals surface area contributed by atoms with E-state index in [1.54, 1.807) is 91.9 Å². The number of ether oxygens (including phenoxy) is 9. The van der Waals surface area contributed by atoms with E-state index in [1.165, 1.54) is 12.1 Å². The largest absolute Gasteiger partial charge is 0.445 e. The first kappa shape index (κ1) is 61.5. The number of sulfone groups is 1. The monoisotopic (exact) mass is 1180 g/mol. The number of hydrogen-bond acceptors (Lipinski definition) is 19. The Morgan fingerprint density at radius 3 is 1.61 bits per heavy atom. The topological polar surface area (TPSA) is 303 Å². The molecule has 1 saturated carbocycles. The number of nitrogens with one attached hydrogen (secondary N) is 3. The van der Waals surface area contributed by atoms with E-state index in [0.29, 0.717) is 12.0 Å². The van der Waals surface area contributed by atoms with Gasteiger partial charge in [0.05, 0.1) is 60.2 Å². The van der Waals surface area contributed by atoms with Crippen molar-refractivity contribution in [3.8, 4) is 0 Å². The molecule has 23 nitrogen and oxygen atoms in total. The molecule has 0 bridgehead atoms. The second-order valence-corrected chi connectivity index (χ2v) is 23.3. The Bertz CT molecular complexity index is 3010. The summed E-state index contributed by atoms with van der Waals surface area (Å²) in [6.07, 6.45) is -10.0. The summed E-state index contributed by atoms with van der Waals surface area (Å²) >= 11 is 0. The van der Waals surface area contributed by atoms with Crippen LogP contribution in [0, 0.1) is 11.8 Å². The molecule has 0 aromatic heterocycles. The van der Waals surface area contributed by atoms with Crippen molar-refractivity contribution in [1.29, 1.82) is 0 Å². The number of amides is 5. The third-order valence-corrected chi connectivity index (χ3v) is 16.8. The molecule has 450 valence electrons. The van der Waals surface area contributed by atoms with Crippen molar-refractivity contribution < 1.29 is 90.3 Å². The van der Waals surface area contributed by atoms with Gasteiger partial charge in [-0.2, -0.15) is 0 Å². The smallest absolute Gasteiger partial charge is 0.408 e. The standard InChI is InChI=1S/C60H70N4O19S/c1-3-41-23-25-45(62-59(71)76-33-38-17-9-5-10-18-38)55(78-41)81-50-36(2)29-40(35-84(73,74)28-27-64-53(68)43-21-13-14-22-44(43)54(64)69)48(66)52(50)83-57-49(67)51(47(31-65)80-57)82-56-46(63-60(72)77-34-39-19-11-6-12-20-39)26-24-42(79-56)30-61-58(70)75-32-37-15-7-4-8-16-37/h4-26,36,40-42,45-52,55-57,65-67H,3,27-35H2,1-2H3,(H,61,70)(H,62,71)(H,63,72)/t36-,40-,41+,42+,45+,46+,47+,48-,49+,50+,51+,52+,55+,56+,57-/m0/s1. The van der Waals surface area contributed by atoms with Gasteiger partial charge < -0.3 is 73.9 Å². The molecule has 6 N–H and O–H groups in total. The molecule has 84 heavy (non-hydrogen) atoms. The maximum atomic E-state index is 14.0. The Kier molecular flexibility index (Phi) is 21.0. The highest BCUT2D eigenvalue weighted by Gasteiger charge is 2.53. The summed E-state index contributed by atoms with van der Waals surface area (Å²) in [5.41, 5.74) is 2.54. The molecule has 0 radical (unpaired) electrons. The lowest BCUT2D eigenvalue weighted by atomic mass is 9.77. The van der Waals surface area contributed by atoms with Gasteiger partial charge in [0.25, 0.3) is 11.8 Å². The second kappa shape index (κ2) is 28.7. The predicted octanol–water partition coefficient (Wildman–Crippen LogP) is 4.44. The molecule has 4 aromatic rings. The molecule has 9 rings (SSSR count). The molecule has 24 heteroatoms. The Morgan fingerprint density at radius 2 is 1.08 bits per heavy atom. The van der Waals surface area contributed by atoms with Crippen LogP contribution in [0.3, 0.4) is 0 Å². The number of carbonyl (C=O) groups excluding carboxylic acids is 5. The van der Waals surface area contributed by atoms with Crippen LogP contribution in [0.25, 0.3) is 0 Å². The summed E-state index contributed by atoms with van der Waals surface area (Å²) in [5.74, 6) is -4.20. The summed E-state index contributed by atoms with van der Waals surface area (Å²) in [5, 5.41) is 43.6. The van der Waals surface area contributed by atoms with Crippen molar-refractivity contribution in [2.24, 2.45) is 11.8 Å². The fraction of sp³-hybridized carbons (Fsp3) is 0.450. The first-order chi connectivity index (χ1) is 40.6. The van der Waals surface area contributed by atoms with Gasteiger partial charge in [-0.05, 0) is 47.6 Å². The first-order valence-electron chi connectivity index (χ1n) is 27.9.